The third-order valence-corrected chi connectivity index (χ3v) is 2.30. The van der Waals surface area contributed by atoms with Gasteiger partial charge in [0.15, 0.2) is 12.2 Å². The number of halogens is 3. The van der Waals surface area contributed by atoms with Crippen LogP contribution in [0.1, 0.15) is 12.5 Å². The van der Waals surface area contributed by atoms with Crippen LogP contribution in [0.4, 0.5) is 18.9 Å². The summed E-state index contributed by atoms with van der Waals surface area (Å²) in [6, 6.07) is 3.18. The number of nitrogens with zero attached hydrogens (tertiary/aromatic N) is 1. The lowest BCUT2D eigenvalue weighted by Gasteiger charge is -2.11. The van der Waals surface area contributed by atoms with E-state index in [0.717, 1.165) is 18.5 Å². The molecule has 1 amide bonds. The molecule has 0 unspecified atom stereocenters. The molecule has 0 atom stereocenters. The molecular weight excluding hydrogens is 261 g/mol. The molecule has 19 heavy (non-hydrogen) atoms. The van der Waals surface area contributed by atoms with E-state index in [9.17, 15) is 18.0 Å². The molecule has 0 saturated heterocycles. The lowest BCUT2D eigenvalue weighted by atomic mass is 10.1. The maximum Gasteiger partial charge on any atom is 0.416 e. The molecule has 0 aliphatic rings. The summed E-state index contributed by atoms with van der Waals surface area (Å²) in [5.41, 5.74) is -0.630. The molecule has 4 nitrogen and oxygen atoms in total. The first kappa shape index (κ1) is 13.1. The zero-order valence-electron chi connectivity index (χ0n) is 9.78. The van der Waals surface area contributed by atoms with Gasteiger partial charge >= 0.3 is 6.18 Å². The van der Waals surface area contributed by atoms with E-state index in [0.29, 0.717) is 0 Å². The van der Waals surface area contributed by atoms with Gasteiger partial charge in [-0.2, -0.15) is 13.2 Å². The summed E-state index contributed by atoms with van der Waals surface area (Å²) in [5.74, 6) is -0.263. The van der Waals surface area contributed by atoms with Crippen molar-refractivity contribution in [2.45, 2.75) is 13.1 Å². The Balaban J connectivity index is 2.52. The number of alkyl halides is 3. The Morgan fingerprint density at radius 3 is 2.58 bits per heavy atom. The number of hydrogen-bond donors (Lipinski definition) is 1. The van der Waals surface area contributed by atoms with Crippen LogP contribution < -0.4 is 5.32 Å². The molecule has 1 aromatic carbocycles. The van der Waals surface area contributed by atoms with Crippen molar-refractivity contribution >= 4 is 11.6 Å². The number of aromatic nitrogens is 1. The average molecular weight is 270 g/mol. The van der Waals surface area contributed by atoms with Gasteiger partial charge in [0.1, 0.15) is 0 Å². The second-order valence-corrected chi connectivity index (χ2v) is 3.84. The first-order chi connectivity index (χ1) is 8.86. The van der Waals surface area contributed by atoms with Crippen molar-refractivity contribution < 1.29 is 22.4 Å². The van der Waals surface area contributed by atoms with Gasteiger partial charge in [0.2, 0.25) is 5.91 Å². The number of rotatable bonds is 2. The fourth-order valence-corrected chi connectivity index (χ4v) is 1.57. The first-order valence-electron chi connectivity index (χ1n) is 5.25. The van der Waals surface area contributed by atoms with Crippen molar-refractivity contribution in [3.63, 3.8) is 0 Å². The van der Waals surface area contributed by atoms with Crippen molar-refractivity contribution in [2.24, 2.45) is 0 Å². The number of anilines is 1. The second kappa shape index (κ2) is 4.75. The van der Waals surface area contributed by atoms with Gasteiger partial charge in [-0.3, -0.25) is 4.79 Å². The Hall–Kier alpha value is -2.31. The van der Waals surface area contributed by atoms with Crippen LogP contribution in [0, 0.1) is 0 Å². The monoisotopic (exact) mass is 270 g/mol. The van der Waals surface area contributed by atoms with E-state index in [1.54, 1.807) is 0 Å². The molecule has 0 bridgehead atoms. The third kappa shape index (κ3) is 3.12. The summed E-state index contributed by atoms with van der Waals surface area (Å²) in [6.07, 6.45) is -2.09. The minimum Gasteiger partial charge on any atom is -0.444 e. The normalized spacial score (nSPS) is 11.4. The lowest BCUT2D eigenvalue weighted by Crippen LogP contribution is -2.09. The van der Waals surface area contributed by atoms with E-state index in [1.165, 1.54) is 19.2 Å². The van der Waals surface area contributed by atoms with Gasteiger partial charge in [-0.25, -0.2) is 4.98 Å². The van der Waals surface area contributed by atoms with Crippen molar-refractivity contribution in [3.05, 3.63) is 36.4 Å². The SMILES string of the molecule is CC(=O)Nc1cc(-c2cnco2)cc(C(F)(F)F)c1. The highest BCUT2D eigenvalue weighted by atomic mass is 19.4. The van der Waals surface area contributed by atoms with E-state index in [4.69, 9.17) is 4.42 Å². The minimum absolute atomic E-state index is 0.0497. The molecule has 1 N–H and O–H groups in total. The average Bonchev–Trinajstić information content (AvgIpc) is 2.79. The fraction of sp³-hybridized carbons (Fsp3) is 0.167. The number of amides is 1. The zero-order chi connectivity index (χ0) is 14.0. The smallest absolute Gasteiger partial charge is 0.416 e. The molecule has 1 aromatic heterocycles. The predicted molar refractivity (Wildman–Crippen MR) is 61.2 cm³/mol. The molecule has 2 rings (SSSR count). The van der Waals surface area contributed by atoms with E-state index >= 15 is 0 Å². The van der Waals surface area contributed by atoms with Crippen LogP contribution in [0.15, 0.2) is 35.2 Å². The molecular formula is C12H9F3N2O2. The van der Waals surface area contributed by atoms with Crippen LogP contribution in [-0.4, -0.2) is 10.9 Å². The van der Waals surface area contributed by atoms with Crippen LogP contribution in [0.3, 0.4) is 0 Å². The summed E-state index contributed by atoms with van der Waals surface area (Å²) in [4.78, 5) is 14.6. The van der Waals surface area contributed by atoms with E-state index in [-0.39, 0.29) is 17.0 Å². The number of hydrogen-bond acceptors (Lipinski definition) is 3. The van der Waals surface area contributed by atoms with E-state index in [1.807, 2.05) is 0 Å². The van der Waals surface area contributed by atoms with Gasteiger partial charge in [0, 0.05) is 18.2 Å². The standard InChI is InChI=1S/C12H9F3N2O2/c1-7(18)17-10-3-8(11-5-16-6-19-11)2-9(4-10)12(13,14)15/h2-6H,1H3,(H,17,18). The summed E-state index contributed by atoms with van der Waals surface area (Å²) < 4.78 is 43.3. The Bertz CT molecular complexity index is 592. The van der Waals surface area contributed by atoms with E-state index < -0.39 is 17.6 Å². The van der Waals surface area contributed by atoms with Gasteiger partial charge in [-0.05, 0) is 18.2 Å². The van der Waals surface area contributed by atoms with Crippen LogP contribution >= 0.6 is 0 Å². The highest BCUT2D eigenvalue weighted by Crippen LogP contribution is 2.34. The second-order valence-electron chi connectivity index (χ2n) is 3.84. The molecule has 0 aliphatic heterocycles. The molecule has 7 heteroatoms. The van der Waals surface area contributed by atoms with E-state index in [2.05, 4.69) is 10.3 Å². The zero-order valence-corrected chi connectivity index (χ0v) is 9.78. The quantitative estimate of drug-likeness (QED) is 0.910. The number of carbonyl (C=O) groups excluding carboxylic acids is 1. The number of carbonyl (C=O) groups is 1. The molecule has 2 aromatic rings. The Morgan fingerprint density at radius 2 is 2.05 bits per heavy atom. The van der Waals surface area contributed by atoms with Crippen LogP contribution in [0.25, 0.3) is 11.3 Å². The number of benzene rings is 1. The maximum absolute atomic E-state index is 12.8. The van der Waals surface area contributed by atoms with Crippen molar-refractivity contribution in [1.82, 2.24) is 4.98 Å². The van der Waals surface area contributed by atoms with Gasteiger partial charge in [-0.15, -0.1) is 0 Å². The summed E-state index contributed by atoms with van der Waals surface area (Å²) in [7, 11) is 0. The summed E-state index contributed by atoms with van der Waals surface area (Å²) in [6.45, 7) is 1.22. The third-order valence-electron chi connectivity index (χ3n) is 2.30. The Morgan fingerprint density at radius 1 is 1.32 bits per heavy atom. The van der Waals surface area contributed by atoms with Crippen LogP contribution in [0.2, 0.25) is 0 Å². The largest absolute Gasteiger partial charge is 0.444 e. The van der Waals surface area contributed by atoms with Crippen molar-refractivity contribution in [3.8, 4) is 11.3 Å². The van der Waals surface area contributed by atoms with Crippen molar-refractivity contribution in [2.75, 3.05) is 5.32 Å². The molecule has 0 fully saturated rings. The fourth-order valence-electron chi connectivity index (χ4n) is 1.57. The molecule has 1 heterocycles. The minimum atomic E-state index is -4.51. The molecule has 0 radical (unpaired) electrons. The topological polar surface area (TPSA) is 55.1 Å². The maximum atomic E-state index is 12.8. The summed E-state index contributed by atoms with van der Waals surface area (Å²) >= 11 is 0. The Kier molecular flexibility index (Phi) is 3.28. The lowest BCUT2D eigenvalue weighted by molar-refractivity contribution is -0.137. The predicted octanol–water partition coefficient (Wildman–Crippen LogP) is 3.32. The molecule has 0 saturated carbocycles. The molecule has 0 spiro atoms. The number of oxazole rings is 1. The highest BCUT2D eigenvalue weighted by Gasteiger charge is 2.31. The van der Waals surface area contributed by atoms with Gasteiger partial charge in [0.25, 0.3) is 0 Å². The number of nitrogens with one attached hydrogen (secondary N) is 1. The van der Waals surface area contributed by atoms with Gasteiger partial charge in [-0.1, -0.05) is 0 Å². The van der Waals surface area contributed by atoms with Gasteiger partial charge in [0.05, 0.1) is 11.8 Å². The van der Waals surface area contributed by atoms with Crippen LogP contribution in [-0.2, 0) is 11.0 Å². The van der Waals surface area contributed by atoms with Crippen LogP contribution in [0.5, 0.6) is 0 Å². The van der Waals surface area contributed by atoms with Crippen molar-refractivity contribution in [1.29, 1.82) is 0 Å². The highest BCUT2D eigenvalue weighted by molar-refractivity contribution is 5.89. The van der Waals surface area contributed by atoms with Gasteiger partial charge < -0.3 is 9.73 Å². The molecule has 0 aliphatic carbocycles. The first-order valence-corrected chi connectivity index (χ1v) is 5.25. The Labute approximate surface area is 106 Å². The summed E-state index contributed by atoms with van der Waals surface area (Å²) in [5, 5.41) is 2.32. The molecule has 100 valence electrons.